The minimum atomic E-state index is 0.209. The zero-order valence-corrected chi connectivity index (χ0v) is 19.3. The summed E-state index contributed by atoms with van der Waals surface area (Å²) in [6, 6.07) is 14.6. The first-order valence-corrected chi connectivity index (χ1v) is 12.1. The van der Waals surface area contributed by atoms with Gasteiger partial charge in [-0.25, -0.2) is 0 Å². The van der Waals surface area contributed by atoms with Crippen LogP contribution in [-0.4, -0.2) is 44.8 Å². The van der Waals surface area contributed by atoms with Gasteiger partial charge in [-0.05, 0) is 49.9 Å². The maximum Gasteiger partial charge on any atom is 0.191 e. The topological polar surface area (TPSA) is 65.0 Å². The third-order valence-corrected chi connectivity index (χ3v) is 6.80. The van der Waals surface area contributed by atoms with Crippen molar-refractivity contribution in [2.24, 2.45) is 0 Å². The lowest BCUT2D eigenvalue weighted by atomic mass is 10.1. The van der Waals surface area contributed by atoms with Gasteiger partial charge in [-0.2, -0.15) is 0 Å². The Morgan fingerprint density at radius 3 is 2.97 bits per heavy atom. The number of fused-ring (bicyclic) bond motifs is 1. The van der Waals surface area contributed by atoms with Crippen molar-refractivity contribution in [3.63, 3.8) is 0 Å². The van der Waals surface area contributed by atoms with E-state index in [4.69, 9.17) is 9.47 Å². The van der Waals surface area contributed by atoms with Crippen LogP contribution in [0.3, 0.4) is 0 Å². The molecule has 0 aliphatic carbocycles. The summed E-state index contributed by atoms with van der Waals surface area (Å²) in [6.45, 7) is 6.38. The van der Waals surface area contributed by atoms with Crippen molar-refractivity contribution in [2.45, 2.75) is 44.5 Å². The normalized spacial score (nSPS) is 16.1. The van der Waals surface area contributed by atoms with Crippen molar-refractivity contribution in [3.8, 4) is 17.1 Å². The Labute approximate surface area is 192 Å². The highest BCUT2D eigenvalue weighted by atomic mass is 32.2. The van der Waals surface area contributed by atoms with Crippen molar-refractivity contribution in [1.29, 1.82) is 0 Å². The maximum absolute atomic E-state index is 6.04. The number of nitrogens with one attached hydrogen (secondary N) is 1. The number of aryl methyl sites for hydroxylation is 2. The maximum atomic E-state index is 6.04. The number of aromatic amines is 1. The molecule has 2 aromatic heterocycles. The SMILES string of the molecule is Cc1ccc(C)c(OCCSc2nnc(-c3c[nH]c4ccccc34)n2CC2CCCO2)c1. The van der Waals surface area contributed by atoms with Gasteiger partial charge in [-0.1, -0.05) is 42.1 Å². The van der Waals surface area contributed by atoms with E-state index in [1.807, 2.05) is 12.3 Å². The molecular formula is C25H28N4O2S. The number of ether oxygens (including phenoxy) is 2. The first-order chi connectivity index (χ1) is 15.7. The second-order valence-electron chi connectivity index (χ2n) is 8.27. The van der Waals surface area contributed by atoms with E-state index in [1.54, 1.807) is 11.8 Å². The smallest absolute Gasteiger partial charge is 0.191 e. The van der Waals surface area contributed by atoms with Crippen molar-refractivity contribution in [1.82, 2.24) is 19.7 Å². The molecule has 0 amide bonds. The molecule has 5 rings (SSSR count). The molecule has 0 bridgehead atoms. The zero-order chi connectivity index (χ0) is 21.9. The van der Waals surface area contributed by atoms with E-state index in [-0.39, 0.29) is 6.10 Å². The third-order valence-electron chi connectivity index (χ3n) is 5.87. The molecule has 1 aliphatic rings. The van der Waals surface area contributed by atoms with Crippen molar-refractivity contribution in [2.75, 3.05) is 19.0 Å². The van der Waals surface area contributed by atoms with Crippen molar-refractivity contribution in [3.05, 3.63) is 59.8 Å². The number of nitrogens with zero attached hydrogens (tertiary/aromatic N) is 3. The van der Waals surface area contributed by atoms with E-state index in [0.717, 1.165) is 70.5 Å². The summed E-state index contributed by atoms with van der Waals surface area (Å²) in [4.78, 5) is 3.36. The van der Waals surface area contributed by atoms with Crippen LogP contribution in [0.25, 0.3) is 22.3 Å². The van der Waals surface area contributed by atoms with E-state index < -0.39 is 0 Å². The van der Waals surface area contributed by atoms with E-state index in [9.17, 15) is 0 Å². The Kier molecular flexibility index (Phi) is 6.19. The van der Waals surface area contributed by atoms with Crippen LogP contribution in [-0.2, 0) is 11.3 Å². The molecule has 0 radical (unpaired) electrons. The van der Waals surface area contributed by atoms with Gasteiger partial charge in [0, 0.05) is 35.0 Å². The molecule has 6 nitrogen and oxygen atoms in total. The second-order valence-corrected chi connectivity index (χ2v) is 9.33. The average Bonchev–Trinajstić information content (AvgIpc) is 3.54. The molecule has 0 saturated carbocycles. The number of benzene rings is 2. The van der Waals surface area contributed by atoms with Crippen LogP contribution in [0, 0.1) is 13.8 Å². The average molecular weight is 449 g/mol. The van der Waals surface area contributed by atoms with Gasteiger partial charge in [0.05, 0.1) is 19.3 Å². The lowest BCUT2D eigenvalue weighted by Crippen LogP contribution is -2.17. The molecule has 7 heteroatoms. The summed E-state index contributed by atoms with van der Waals surface area (Å²) >= 11 is 1.68. The second kappa shape index (κ2) is 9.38. The van der Waals surface area contributed by atoms with Crippen LogP contribution < -0.4 is 4.74 Å². The third kappa shape index (κ3) is 4.40. The molecule has 1 fully saturated rings. The van der Waals surface area contributed by atoms with E-state index >= 15 is 0 Å². The van der Waals surface area contributed by atoms with Crippen molar-refractivity contribution < 1.29 is 9.47 Å². The number of H-pyrrole nitrogens is 1. The molecular weight excluding hydrogens is 420 g/mol. The molecule has 3 heterocycles. The molecule has 1 unspecified atom stereocenters. The Bertz CT molecular complexity index is 1210. The number of para-hydroxylation sites is 1. The standard InChI is InChI=1S/C25H28N4O2S/c1-17-9-10-18(2)23(14-17)31-12-13-32-25-28-27-24(29(25)16-19-6-5-11-30-19)21-15-26-22-8-4-3-7-20(21)22/h3-4,7-10,14-15,19,26H,5-6,11-13,16H2,1-2H3. The lowest BCUT2D eigenvalue weighted by Gasteiger charge is -2.15. The number of hydrogen-bond acceptors (Lipinski definition) is 5. The minimum Gasteiger partial charge on any atom is -0.492 e. The predicted molar refractivity (Wildman–Crippen MR) is 128 cm³/mol. The van der Waals surface area contributed by atoms with Crippen LogP contribution in [0.1, 0.15) is 24.0 Å². The van der Waals surface area contributed by atoms with Gasteiger partial charge >= 0.3 is 0 Å². The molecule has 4 aromatic rings. The molecule has 0 spiro atoms. The van der Waals surface area contributed by atoms with E-state index in [0.29, 0.717) is 6.61 Å². The van der Waals surface area contributed by atoms with Crippen LogP contribution >= 0.6 is 11.8 Å². The van der Waals surface area contributed by atoms with Crippen LogP contribution in [0.4, 0.5) is 0 Å². The predicted octanol–water partition coefficient (Wildman–Crippen LogP) is 5.39. The Balaban J connectivity index is 1.35. The lowest BCUT2D eigenvalue weighted by molar-refractivity contribution is 0.0953. The Hall–Kier alpha value is -2.77. The number of aromatic nitrogens is 4. The highest BCUT2D eigenvalue weighted by molar-refractivity contribution is 7.99. The molecule has 32 heavy (non-hydrogen) atoms. The van der Waals surface area contributed by atoms with Gasteiger partial charge in [-0.3, -0.25) is 4.57 Å². The highest BCUT2D eigenvalue weighted by Gasteiger charge is 2.23. The fourth-order valence-corrected chi connectivity index (χ4v) is 4.92. The Morgan fingerprint density at radius 2 is 2.09 bits per heavy atom. The van der Waals surface area contributed by atoms with Gasteiger partial charge in [0.25, 0.3) is 0 Å². The van der Waals surface area contributed by atoms with Gasteiger partial charge in [0.1, 0.15) is 5.75 Å². The van der Waals surface area contributed by atoms with Crippen LogP contribution in [0.5, 0.6) is 5.75 Å². The minimum absolute atomic E-state index is 0.209. The number of rotatable bonds is 8. The first-order valence-electron chi connectivity index (χ1n) is 11.1. The summed E-state index contributed by atoms with van der Waals surface area (Å²) in [5, 5.41) is 11.2. The highest BCUT2D eigenvalue weighted by Crippen LogP contribution is 2.31. The van der Waals surface area contributed by atoms with Gasteiger partial charge < -0.3 is 14.5 Å². The first kappa shape index (κ1) is 21.1. The van der Waals surface area contributed by atoms with Gasteiger partial charge in [0.15, 0.2) is 11.0 Å². The molecule has 166 valence electrons. The van der Waals surface area contributed by atoms with E-state index in [2.05, 4.69) is 70.0 Å². The van der Waals surface area contributed by atoms with Crippen LogP contribution in [0.2, 0.25) is 0 Å². The zero-order valence-electron chi connectivity index (χ0n) is 18.5. The quantitative estimate of drug-likeness (QED) is 0.289. The summed E-state index contributed by atoms with van der Waals surface area (Å²) < 4.78 is 14.2. The molecule has 1 saturated heterocycles. The number of thioether (sulfide) groups is 1. The molecule has 2 aromatic carbocycles. The summed E-state index contributed by atoms with van der Waals surface area (Å²) in [5.74, 6) is 2.63. The fourth-order valence-electron chi connectivity index (χ4n) is 4.16. The van der Waals surface area contributed by atoms with E-state index in [1.165, 1.54) is 5.56 Å². The van der Waals surface area contributed by atoms with Gasteiger partial charge in [-0.15, -0.1) is 10.2 Å². The summed E-state index contributed by atoms with van der Waals surface area (Å²) in [7, 11) is 0. The summed E-state index contributed by atoms with van der Waals surface area (Å²) in [5.41, 5.74) is 4.54. The van der Waals surface area contributed by atoms with Crippen molar-refractivity contribution >= 4 is 22.7 Å². The monoisotopic (exact) mass is 448 g/mol. The largest absolute Gasteiger partial charge is 0.492 e. The molecule has 1 atom stereocenters. The summed E-state index contributed by atoms with van der Waals surface area (Å²) in [6.07, 6.45) is 4.42. The van der Waals surface area contributed by atoms with Crippen LogP contribution in [0.15, 0.2) is 53.8 Å². The fraction of sp³-hybridized carbons (Fsp3) is 0.360. The molecule has 1 N–H and O–H groups in total. The van der Waals surface area contributed by atoms with Gasteiger partial charge in [0.2, 0.25) is 0 Å². The Morgan fingerprint density at radius 1 is 1.19 bits per heavy atom. The molecule has 1 aliphatic heterocycles. The number of hydrogen-bond donors (Lipinski definition) is 1.